The summed E-state index contributed by atoms with van der Waals surface area (Å²) in [5.74, 6) is 1.20. The van der Waals surface area contributed by atoms with Gasteiger partial charge in [-0.25, -0.2) is 4.98 Å². The van der Waals surface area contributed by atoms with E-state index in [-0.39, 0.29) is 5.91 Å². The highest BCUT2D eigenvalue weighted by molar-refractivity contribution is 7.18. The zero-order chi connectivity index (χ0) is 19.6. The first-order valence-electron chi connectivity index (χ1n) is 9.40. The van der Waals surface area contributed by atoms with E-state index in [1.165, 1.54) is 0 Å². The molecule has 0 saturated carbocycles. The number of nitrogens with zero attached hydrogens (tertiary/aromatic N) is 1. The molecule has 0 atom stereocenters. The average Bonchev–Trinajstić information content (AvgIpc) is 3.16. The van der Waals surface area contributed by atoms with E-state index >= 15 is 0 Å². The fourth-order valence-corrected chi connectivity index (χ4v) is 4.36. The number of nitrogens with one attached hydrogen (secondary N) is 1. The van der Waals surface area contributed by atoms with Crippen molar-refractivity contribution in [2.45, 2.75) is 6.42 Å². The summed E-state index contributed by atoms with van der Waals surface area (Å²) in [5, 5.41) is 3.96. The molecule has 0 unspecified atom stereocenters. The molecule has 5 nitrogen and oxygen atoms in total. The summed E-state index contributed by atoms with van der Waals surface area (Å²) in [6.07, 6.45) is 0.615. The highest BCUT2D eigenvalue weighted by atomic mass is 32.1. The number of amides is 1. The molecule has 1 aromatic heterocycles. The fraction of sp³-hybridized carbons (Fsp3) is 0.130. The van der Waals surface area contributed by atoms with Crippen LogP contribution in [0.2, 0.25) is 0 Å². The lowest BCUT2D eigenvalue weighted by Gasteiger charge is -2.19. The van der Waals surface area contributed by atoms with E-state index in [2.05, 4.69) is 11.4 Å². The molecule has 1 N–H and O–H groups in total. The fourth-order valence-electron chi connectivity index (χ4n) is 3.37. The van der Waals surface area contributed by atoms with E-state index in [0.717, 1.165) is 20.8 Å². The number of para-hydroxylation sites is 1. The van der Waals surface area contributed by atoms with Gasteiger partial charge in [0.1, 0.15) is 13.2 Å². The Balaban J connectivity index is 1.39. The van der Waals surface area contributed by atoms with E-state index in [1.807, 2.05) is 54.6 Å². The van der Waals surface area contributed by atoms with Crippen LogP contribution in [0.25, 0.3) is 10.2 Å². The standard InChI is InChI=1S/C23H18N2O3S/c26-23(24-16-9-10-19-20(14-16)28-12-11-27-19)17-6-2-1-5-15(17)13-22-25-18-7-3-4-8-21(18)29-22/h1-10,14H,11-13H2,(H,24,26). The van der Waals surface area contributed by atoms with Gasteiger partial charge in [-0.1, -0.05) is 30.3 Å². The molecule has 0 aliphatic carbocycles. The third-order valence-electron chi connectivity index (χ3n) is 4.74. The van der Waals surface area contributed by atoms with Gasteiger partial charge in [0.2, 0.25) is 0 Å². The topological polar surface area (TPSA) is 60.5 Å². The number of benzene rings is 3. The summed E-state index contributed by atoms with van der Waals surface area (Å²) in [6.45, 7) is 1.05. The van der Waals surface area contributed by atoms with Crippen LogP contribution in [-0.4, -0.2) is 24.1 Å². The van der Waals surface area contributed by atoms with Crippen molar-refractivity contribution in [1.82, 2.24) is 4.98 Å². The lowest BCUT2D eigenvalue weighted by molar-refractivity contribution is 0.102. The number of aromatic nitrogens is 1. The quantitative estimate of drug-likeness (QED) is 0.527. The van der Waals surface area contributed by atoms with Crippen molar-refractivity contribution in [1.29, 1.82) is 0 Å². The molecule has 5 rings (SSSR count). The van der Waals surface area contributed by atoms with Gasteiger partial charge in [-0.15, -0.1) is 11.3 Å². The van der Waals surface area contributed by atoms with Crippen LogP contribution in [0.5, 0.6) is 11.5 Å². The summed E-state index contributed by atoms with van der Waals surface area (Å²) in [4.78, 5) is 17.7. The molecule has 3 aromatic carbocycles. The first-order chi connectivity index (χ1) is 14.3. The zero-order valence-corrected chi connectivity index (χ0v) is 16.4. The minimum atomic E-state index is -0.154. The number of carbonyl (C=O) groups is 1. The van der Waals surface area contributed by atoms with Crippen LogP contribution in [-0.2, 0) is 6.42 Å². The van der Waals surface area contributed by atoms with Crippen molar-refractivity contribution in [3.8, 4) is 11.5 Å². The first kappa shape index (κ1) is 17.7. The molecule has 4 aromatic rings. The van der Waals surface area contributed by atoms with Gasteiger partial charge < -0.3 is 14.8 Å². The minimum absolute atomic E-state index is 0.154. The second kappa shape index (κ2) is 7.56. The van der Waals surface area contributed by atoms with Gasteiger partial charge in [-0.05, 0) is 35.9 Å². The van der Waals surface area contributed by atoms with E-state index in [0.29, 0.717) is 42.4 Å². The molecular formula is C23H18N2O3S. The maximum Gasteiger partial charge on any atom is 0.255 e. The maximum atomic E-state index is 13.0. The smallest absolute Gasteiger partial charge is 0.255 e. The van der Waals surface area contributed by atoms with Gasteiger partial charge in [0.05, 0.1) is 15.2 Å². The molecule has 6 heteroatoms. The van der Waals surface area contributed by atoms with E-state index in [4.69, 9.17) is 14.5 Å². The summed E-state index contributed by atoms with van der Waals surface area (Å²) >= 11 is 1.66. The van der Waals surface area contributed by atoms with Gasteiger partial charge in [0, 0.05) is 23.7 Å². The van der Waals surface area contributed by atoms with Gasteiger partial charge >= 0.3 is 0 Å². The van der Waals surface area contributed by atoms with Crippen LogP contribution in [0.1, 0.15) is 20.9 Å². The third kappa shape index (κ3) is 3.67. The number of ether oxygens (including phenoxy) is 2. The second-order valence-electron chi connectivity index (χ2n) is 6.72. The monoisotopic (exact) mass is 402 g/mol. The number of carbonyl (C=O) groups excluding carboxylic acids is 1. The lowest BCUT2D eigenvalue weighted by atomic mass is 10.0. The van der Waals surface area contributed by atoms with Crippen LogP contribution in [0.3, 0.4) is 0 Å². The Morgan fingerprint density at radius 1 is 0.966 bits per heavy atom. The highest BCUT2D eigenvalue weighted by Crippen LogP contribution is 2.33. The van der Waals surface area contributed by atoms with Crippen LogP contribution in [0.15, 0.2) is 66.7 Å². The minimum Gasteiger partial charge on any atom is -0.486 e. The van der Waals surface area contributed by atoms with Crippen molar-refractivity contribution >= 4 is 33.1 Å². The molecule has 0 bridgehead atoms. The number of hydrogen-bond donors (Lipinski definition) is 1. The van der Waals surface area contributed by atoms with Crippen molar-refractivity contribution in [2.75, 3.05) is 18.5 Å². The van der Waals surface area contributed by atoms with Crippen molar-refractivity contribution < 1.29 is 14.3 Å². The van der Waals surface area contributed by atoms with Crippen LogP contribution < -0.4 is 14.8 Å². The Hall–Kier alpha value is -3.38. The summed E-state index contributed by atoms with van der Waals surface area (Å²) in [6, 6.07) is 21.2. The molecule has 1 aliphatic rings. The molecule has 0 radical (unpaired) electrons. The van der Waals surface area contributed by atoms with E-state index in [1.54, 1.807) is 17.4 Å². The summed E-state index contributed by atoms with van der Waals surface area (Å²) in [7, 11) is 0. The van der Waals surface area contributed by atoms with Gasteiger partial charge in [0.15, 0.2) is 11.5 Å². The molecule has 1 aliphatic heterocycles. The van der Waals surface area contributed by atoms with E-state index in [9.17, 15) is 4.79 Å². The Kier molecular flexibility index (Phi) is 4.62. The molecule has 0 saturated heterocycles. The normalized spacial score (nSPS) is 12.7. The Morgan fingerprint density at radius 3 is 2.66 bits per heavy atom. The zero-order valence-electron chi connectivity index (χ0n) is 15.6. The van der Waals surface area contributed by atoms with Gasteiger partial charge in [-0.3, -0.25) is 4.79 Å². The van der Waals surface area contributed by atoms with Crippen LogP contribution in [0, 0.1) is 0 Å². The molecular weight excluding hydrogens is 384 g/mol. The number of thiazole rings is 1. The predicted molar refractivity (Wildman–Crippen MR) is 114 cm³/mol. The number of anilines is 1. The molecule has 0 fully saturated rings. The Labute approximate surface area is 171 Å². The molecule has 1 amide bonds. The molecule has 0 spiro atoms. The number of hydrogen-bond acceptors (Lipinski definition) is 5. The van der Waals surface area contributed by atoms with Crippen molar-refractivity contribution in [3.05, 3.63) is 82.9 Å². The first-order valence-corrected chi connectivity index (χ1v) is 10.2. The van der Waals surface area contributed by atoms with Gasteiger partial charge in [0.25, 0.3) is 5.91 Å². The van der Waals surface area contributed by atoms with Crippen LogP contribution >= 0.6 is 11.3 Å². The number of fused-ring (bicyclic) bond motifs is 2. The Bertz CT molecular complexity index is 1170. The third-order valence-corrected chi connectivity index (χ3v) is 5.78. The van der Waals surface area contributed by atoms with Crippen molar-refractivity contribution in [2.24, 2.45) is 0 Å². The number of rotatable bonds is 4. The molecule has 29 heavy (non-hydrogen) atoms. The average molecular weight is 402 g/mol. The SMILES string of the molecule is O=C(Nc1ccc2c(c1)OCCO2)c1ccccc1Cc1nc2ccccc2s1. The summed E-state index contributed by atoms with van der Waals surface area (Å²) in [5.41, 5.74) is 3.25. The van der Waals surface area contributed by atoms with Crippen LogP contribution in [0.4, 0.5) is 5.69 Å². The summed E-state index contributed by atoms with van der Waals surface area (Å²) < 4.78 is 12.3. The second-order valence-corrected chi connectivity index (χ2v) is 7.84. The highest BCUT2D eigenvalue weighted by Gasteiger charge is 2.16. The molecule has 144 valence electrons. The van der Waals surface area contributed by atoms with Crippen molar-refractivity contribution in [3.63, 3.8) is 0 Å². The Morgan fingerprint density at radius 2 is 1.76 bits per heavy atom. The van der Waals surface area contributed by atoms with Gasteiger partial charge in [-0.2, -0.15) is 0 Å². The predicted octanol–water partition coefficient (Wildman–Crippen LogP) is 4.91. The lowest BCUT2D eigenvalue weighted by Crippen LogP contribution is -2.17. The van der Waals surface area contributed by atoms with E-state index < -0.39 is 0 Å². The largest absolute Gasteiger partial charge is 0.486 e. The maximum absolute atomic E-state index is 13.0. The molecule has 2 heterocycles.